The third-order valence-corrected chi connectivity index (χ3v) is 6.32. The van der Waals surface area contributed by atoms with Crippen LogP contribution < -0.4 is 14.2 Å². The number of aliphatic hydroxyl groups is 6. The van der Waals surface area contributed by atoms with Crippen LogP contribution in [0.1, 0.15) is 23.7 Å². The molecule has 1 aliphatic heterocycles. The van der Waals surface area contributed by atoms with E-state index in [9.17, 15) is 35.7 Å². The van der Waals surface area contributed by atoms with E-state index in [1.165, 1.54) is 32.4 Å². The van der Waals surface area contributed by atoms with Gasteiger partial charge < -0.3 is 59.4 Å². The number of aryl methyl sites for hydroxylation is 1. The van der Waals surface area contributed by atoms with Crippen LogP contribution in [0.3, 0.4) is 0 Å². The van der Waals surface area contributed by atoms with Gasteiger partial charge in [0.25, 0.3) is 0 Å². The molecule has 3 rings (SSSR count). The maximum atomic E-state index is 10.8. The van der Waals surface area contributed by atoms with Crippen LogP contribution in [-0.2, 0) is 15.9 Å². The van der Waals surface area contributed by atoms with Crippen molar-refractivity contribution in [3.05, 3.63) is 47.5 Å². The Morgan fingerprint density at radius 3 is 2.29 bits per heavy atom. The van der Waals surface area contributed by atoms with Crippen molar-refractivity contribution in [3.63, 3.8) is 0 Å². The molecule has 7 N–H and O–H groups in total. The van der Waals surface area contributed by atoms with Crippen molar-refractivity contribution in [2.24, 2.45) is 0 Å². The van der Waals surface area contributed by atoms with E-state index < -0.39 is 56.1 Å². The van der Waals surface area contributed by atoms with Crippen molar-refractivity contribution in [2.75, 3.05) is 34.0 Å². The van der Waals surface area contributed by atoms with E-state index in [1.807, 2.05) is 0 Å². The van der Waals surface area contributed by atoms with E-state index in [4.69, 9.17) is 23.7 Å². The molecule has 0 radical (unpaired) electrons. The van der Waals surface area contributed by atoms with Crippen molar-refractivity contribution in [2.45, 2.75) is 55.8 Å². The van der Waals surface area contributed by atoms with Crippen LogP contribution in [0, 0.1) is 0 Å². The summed E-state index contributed by atoms with van der Waals surface area (Å²) < 4.78 is 27.2. The summed E-state index contributed by atoms with van der Waals surface area (Å²) in [7, 11) is 2.85. The summed E-state index contributed by atoms with van der Waals surface area (Å²) >= 11 is 0. The van der Waals surface area contributed by atoms with Gasteiger partial charge >= 0.3 is 0 Å². The minimum absolute atomic E-state index is 0.0826. The molecule has 212 valence electrons. The van der Waals surface area contributed by atoms with Gasteiger partial charge in [-0.2, -0.15) is 0 Å². The van der Waals surface area contributed by atoms with E-state index in [2.05, 4.69) is 0 Å². The first kappa shape index (κ1) is 29.9. The standard InChI is InChI=1S/C26H36O12/c1-34-18-11-15(6-7-16(18)29)22(30)20(12-27)37-17-8-5-14(10-19(17)35-2)4-3-9-36-26-25(33)24(32)23(31)21(13-28)38-26/h5-8,10-11,20-33H,3-4,9,12-13H2,1-2H3/t20-,21-,22-,23+,24+,25+,26-/m0/s1. The molecular weight excluding hydrogens is 504 g/mol. The molecule has 0 aliphatic carbocycles. The first-order valence-electron chi connectivity index (χ1n) is 12.2. The minimum atomic E-state index is -1.50. The highest BCUT2D eigenvalue weighted by atomic mass is 16.7. The number of ether oxygens (including phenoxy) is 5. The van der Waals surface area contributed by atoms with E-state index in [0.29, 0.717) is 29.9 Å². The smallest absolute Gasteiger partial charge is 0.186 e. The van der Waals surface area contributed by atoms with Crippen LogP contribution in [-0.4, -0.2) is 107 Å². The van der Waals surface area contributed by atoms with Crippen LogP contribution >= 0.6 is 0 Å². The number of rotatable bonds is 13. The average Bonchev–Trinajstić information content (AvgIpc) is 2.94. The molecule has 12 heteroatoms. The zero-order chi connectivity index (χ0) is 27.8. The Morgan fingerprint density at radius 2 is 1.63 bits per heavy atom. The molecule has 0 bridgehead atoms. The molecule has 1 fully saturated rings. The minimum Gasteiger partial charge on any atom is -0.504 e. The SMILES string of the molecule is COc1cc([C@H](O)[C@H](CO)Oc2ccc(CCCO[C@H]3O[C@@H](CO)[C@@H](O)[C@@H](O)[C@H]3O)cc2OC)ccc1O. The summed E-state index contributed by atoms with van der Waals surface area (Å²) in [4.78, 5) is 0. The highest BCUT2D eigenvalue weighted by Crippen LogP contribution is 2.34. The van der Waals surface area contributed by atoms with Crippen LogP contribution in [0.15, 0.2) is 36.4 Å². The summed E-state index contributed by atoms with van der Waals surface area (Å²) in [6.07, 6.45) is -7.82. The molecule has 7 atom stereocenters. The first-order chi connectivity index (χ1) is 18.2. The number of aromatic hydroxyl groups is 1. The fraction of sp³-hybridized carbons (Fsp3) is 0.538. The van der Waals surface area contributed by atoms with E-state index in [1.54, 1.807) is 18.2 Å². The highest BCUT2D eigenvalue weighted by Gasteiger charge is 2.43. The van der Waals surface area contributed by atoms with Gasteiger partial charge in [-0.25, -0.2) is 0 Å². The van der Waals surface area contributed by atoms with E-state index in [0.717, 1.165) is 5.56 Å². The highest BCUT2D eigenvalue weighted by molar-refractivity contribution is 5.44. The van der Waals surface area contributed by atoms with E-state index >= 15 is 0 Å². The van der Waals surface area contributed by atoms with Crippen LogP contribution in [0.5, 0.6) is 23.0 Å². The molecular formula is C26H36O12. The van der Waals surface area contributed by atoms with Crippen molar-refractivity contribution in [1.29, 1.82) is 0 Å². The summed E-state index contributed by atoms with van der Waals surface area (Å²) in [6.45, 7) is -0.862. The molecule has 1 heterocycles. The number of hydrogen-bond donors (Lipinski definition) is 7. The van der Waals surface area contributed by atoms with Gasteiger partial charge in [-0.05, 0) is 48.2 Å². The lowest BCUT2D eigenvalue weighted by atomic mass is 9.99. The monoisotopic (exact) mass is 540 g/mol. The number of phenolic OH excluding ortho intramolecular Hbond substituents is 1. The zero-order valence-corrected chi connectivity index (χ0v) is 21.2. The maximum Gasteiger partial charge on any atom is 0.186 e. The van der Waals surface area contributed by atoms with Gasteiger partial charge in [0.2, 0.25) is 0 Å². The number of benzene rings is 2. The van der Waals surface area contributed by atoms with Gasteiger partial charge in [0.05, 0.1) is 34.0 Å². The molecule has 1 aliphatic rings. The summed E-state index contributed by atoms with van der Waals surface area (Å²) in [6, 6.07) is 9.52. The predicted molar refractivity (Wildman–Crippen MR) is 132 cm³/mol. The Kier molecular flexibility index (Phi) is 10.9. The molecule has 0 amide bonds. The summed E-state index contributed by atoms with van der Waals surface area (Å²) in [5, 5.41) is 69.4. The second kappa shape index (κ2) is 13.9. The van der Waals surface area contributed by atoms with Crippen molar-refractivity contribution < 1.29 is 59.4 Å². The third kappa shape index (κ3) is 7.04. The molecule has 2 aromatic rings. The molecule has 12 nitrogen and oxygen atoms in total. The lowest BCUT2D eigenvalue weighted by Gasteiger charge is -2.39. The molecule has 0 unspecified atom stereocenters. The van der Waals surface area contributed by atoms with Crippen LogP contribution in [0.25, 0.3) is 0 Å². The van der Waals surface area contributed by atoms with Gasteiger partial charge in [0.15, 0.2) is 35.4 Å². The number of phenols is 1. The zero-order valence-electron chi connectivity index (χ0n) is 21.2. The second-order valence-electron chi connectivity index (χ2n) is 8.87. The van der Waals surface area contributed by atoms with Crippen molar-refractivity contribution >= 4 is 0 Å². The Labute approximate surface area is 220 Å². The topological polar surface area (TPSA) is 188 Å². The first-order valence-corrected chi connectivity index (χ1v) is 12.2. The third-order valence-electron chi connectivity index (χ3n) is 6.32. The summed E-state index contributed by atoms with van der Waals surface area (Å²) in [5.41, 5.74) is 1.25. The molecule has 1 saturated heterocycles. The predicted octanol–water partition coefficient (Wildman–Crippen LogP) is -0.368. The number of methoxy groups -OCH3 is 2. The van der Waals surface area contributed by atoms with Crippen molar-refractivity contribution in [3.8, 4) is 23.0 Å². The molecule has 38 heavy (non-hydrogen) atoms. The molecule has 0 aromatic heterocycles. The van der Waals surface area contributed by atoms with Gasteiger partial charge in [0.1, 0.15) is 30.5 Å². The largest absolute Gasteiger partial charge is 0.504 e. The number of hydrogen-bond acceptors (Lipinski definition) is 12. The average molecular weight is 541 g/mol. The second-order valence-corrected chi connectivity index (χ2v) is 8.87. The van der Waals surface area contributed by atoms with E-state index in [-0.39, 0.29) is 18.1 Å². The fourth-order valence-corrected chi connectivity index (χ4v) is 4.10. The van der Waals surface area contributed by atoms with Gasteiger partial charge in [-0.15, -0.1) is 0 Å². The normalized spacial score (nSPS) is 25.0. The summed E-state index contributed by atoms with van der Waals surface area (Å²) in [5.74, 6) is 0.778. The molecule has 0 spiro atoms. The maximum absolute atomic E-state index is 10.8. The van der Waals surface area contributed by atoms with Crippen molar-refractivity contribution in [1.82, 2.24) is 0 Å². The van der Waals surface area contributed by atoms with Crippen LogP contribution in [0.4, 0.5) is 0 Å². The van der Waals surface area contributed by atoms with Gasteiger partial charge in [-0.1, -0.05) is 12.1 Å². The van der Waals surface area contributed by atoms with Gasteiger partial charge in [0, 0.05) is 0 Å². The Bertz CT molecular complexity index is 1020. The lowest BCUT2D eigenvalue weighted by Crippen LogP contribution is -2.59. The quantitative estimate of drug-likeness (QED) is 0.164. The Hall–Kier alpha value is -2.68. The van der Waals surface area contributed by atoms with Gasteiger partial charge in [-0.3, -0.25) is 0 Å². The molecule has 2 aromatic carbocycles. The Morgan fingerprint density at radius 1 is 0.895 bits per heavy atom. The van der Waals surface area contributed by atoms with Crippen LogP contribution in [0.2, 0.25) is 0 Å². The Balaban J connectivity index is 1.58. The lowest BCUT2D eigenvalue weighted by molar-refractivity contribution is -0.301. The fourth-order valence-electron chi connectivity index (χ4n) is 4.10. The molecule has 0 saturated carbocycles. The number of aliphatic hydroxyl groups excluding tert-OH is 6.